The summed E-state index contributed by atoms with van der Waals surface area (Å²) in [5, 5.41) is 0.634. The molecule has 1 rings (SSSR count). The van der Waals surface area contributed by atoms with Crippen molar-refractivity contribution in [2.45, 2.75) is 6.92 Å². The lowest BCUT2D eigenvalue weighted by molar-refractivity contribution is 1.39. The maximum atomic E-state index is 5.78. The number of nitrogens with zero attached hydrogens (tertiary/aromatic N) is 1. The van der Waals surface area contributed by atoms with E-state index in [0.29, 0.717) is 10.7 Å². The Labute approximate surface area is 76.0 Å². The minimum Gasteiger partial charge on any atom is -0.370 e. The molecule has 1 aromatic rings. The first-order valence-corrected chi connectivity index (χ1v) is 3.82. The Hall–Kier alpha value is -1.22. The molecule has 0 radical (unpaired) electrons. The Morgan fingerprint density at radius 3 is 2.50 bits per heavy atom. The van der Waals surface area contributed by atoms with Crippen molar-refractivity contribution in [3.05, 3.63) is 28.8 Å². The molecule has 0 aromatic heterocycles. The van der Waals surface area contributed by atoms with Gasteiger partial charge in [-0.15, -0.1) is 0 Å². The summed E-state index contributed by atoms with van der Waals surface area (Å²) >= 11 is 5.78. The van der Waals surface area contributed by atoms with Crippen LogP contribution in [0, 0.1) is 6.92 Å². The lowest BCUT2D eigenvalue weighted by Gasteiger charge is -1.98. The molecule has 0 heterocycles. The van der Waals surface area contributed by atoms with Crippen LogP contribution in [-0.2, 0) is 0 Å². The summed E-state index contributed by atoms with van der Waals surface area (Å²) < 4.78 is 0. The zero-order chi connectivity index (χ0) is 9.14. The van der Waals surface area contributed by atoms with Gasteiger partial charge in [0.15, 0.2) is 5.96 Å². The summed E-state index contributed by atoms with van der Waals surface area (Å²) in [5.74, 6) is 0.0386. The van der Waals surface area contributed by atoms with E-state index in [1.807, 2.05) is 19.1 Å². The number of halogens is 1. The van der Waals surface area contributed by atoms with Gasteiger partial charge in [-0.3, -0.25) is 0 Å². The minimum absolute atomic E-state index is 0.0386. The van der Waals surface area contributed by atoms with Gasteiger partial charge in [-0.2, -0.15) is 0 Å². The first kappa shape index (κ1) is 8.87. The highest BCUT2D eigenvalue weighted by molar-refractivity contribution is 6.30. The lowest BCUT2D eigenvalue weighted by atomic mass is 10.2. The zero-order valence-electron chi connectivity index (χ0n) is 6.71. The Morgan fingerprint density at radius 2 is 2.00 bits per heavy atom. The Balaban J connectivity index is 3.09. The molecule has 0 unspecified atom stereocenters. The average Bonchev–Trinajstić information content (AvgIpc) is 1.81. The third-order valence-electron chi connectivity index (χ3n) is 1.29. The van der Waals surface area contributed by atoms with Crippen LogP contribution in [-0.4, -0.2) is 5.96 Å². The van der Waals surface area contributed by atoms with Gasteiger partial charge in [-0.25, -0.2) is 4.99 Å². The Morgan fingerprint density at radius 1 is 1.33 bits per heavy atom. The number of hydrogen-bond donors (Lipinski definition) is 2. The second kappa shape index (κ2) is 3.45. The number of rotatable bonds is 1. The number of nitrogens with two attached hydrogens (primary N) is 2. The number of guanidine groups is 1. The van der Waals surface area contributed by atoms with Gasteiger partial charge in [0, 0.05) is 5.02 Å². The molecule has 64 valence electrons. The van der Waals surface area contributed by atoms with Crippen LogP contribution in [0.25, 0.3) is 0 Å². The summed E-state index contributed by atoms with van der Waals surface area (Å²) in [4.78, 5) is 3.87. The van der Waals surface area contributed by atoms with Crippen molar-refractivity contribution in [1.82, 2.24) is 0 Å². The fourth-order valence-electron chi connectivity index (χ4n) is 0.931. The molecule has 0 fully saturated rings. The smallest absolute Gasteiger partial charge is 0.191 e. The molecular formula is C8H10ClN3. The molecule has 4 heteroatoms. The van der Waals surface area contributed by atoms with Crippen LogP contribution in [0.5, 0.6) is 0 Å². The van der Waals surface area contributed by atoms with Gasteiger partial charge in [0.25, 0.3) is 0 Å². The maximum absolute atomic E-state index is 5.78. The van der Waals surface area contributed by atoms with Crippen molar-refractivity contribution in [1.29, 1.82) is 0 Å². The van der Waals surface area contributed by atoms with Gasteiger partial charge in [0.1, 0.15) is 0 Å². The molecule has 0 bridgehead atoms. The van der Waals surface area contributed by atoms with E-state index < -0.39 is 0 Å². The maximum Gasteiger partial charge on any atom is 0.191 e. The third-order valence-corrected chi connectivity index (χ3v) is 1.50. The van der Waals surface area contributed by atoms with Crippen molar-refractivity contribution in [3.63, 3.8) is 0 Å². The van der Waals surface area contributed by atoms with Crippen molar-refractivity contribution in [3.8, 4) is 0 Å². The van der Waals surface area contributed by atoms with Crippen LogP contribution in [0.3, 0.4) is 0 Å². The van der Waals surface area contributed by atoms with Gasteiger partial charge in [0.2, 0.25) is 0 Å². The molecule has 0 saturated carbocycles. The molecule has 3 nitrogen and oxygen atoms in total. The summed E-state index contributed by atoms with van der Waals surface area (Å²) in [7, 11) is 0. The van der Waals surface area contributed by atoms with Crippen molar-refractivity contribution >= 4 is 23.2 Å². The van der Waals surface area contributed by atoms with Crippen molar-refractivity contribution < 1.29 is 0 Å². The standard InChI is InChI=1S/C8H10ClN3/c1-5-2-6(9)4-7(3-5)12-8(10)11/h2-4H,1H3,(H4,10,11,12). The first-order valence-electron chi connectivity index (χ1n) is 3.45. The quantitative estimate of drug-likeness (QED) is 0.513. The highest BCUT2D eigenvalue weighted by Crippen LogP contribution is 2.20. The number of hydrogen-bond acceptors (Lipinski definition) is 1. The molecule has 0 saturated heterocycles. The molecule has 4 N–H and O–H groups in total. The van der Waals surface area contributed by atoms with Crippen LogP contribution >= 0.6 is 11.6 Å². The molecule has 12 heavy (non-hydrogen) atoms. The zero-order valence-corrected chi connectivity index (χ0v) is 7.47. The summed E-state index contributed by atoms with van der Waals surface area (Å²) in [6.07, 6.45) is 0. The largest absolute Gasteiger partial charge is 0.370 e. The SMILES string of the molecule is Cc1cc(Cl)cc(N=C(N)N)c1. The molecule has 0 aliphatic rings. The first-order chi connectivity index (χ1) is 5.58. The predicted octanol–water partition coefficient (Wildman–Crippen LogP) is 1.55. The van der Waals surface area contributed by atoms with Gasteiger partial charge < -0.3 is 11.5 Å². The highest BCUT2D eigenvalue weighted by Gasteiger charge is 1.94. The monoisotopic (exact) mass is 183 g/mol. The van der Waals surface area contributed by atoms with E-state index in [0.717, 1.165) is 5.56 Å². The Kier molecular flexibility index (Phi) is 2.55. The van der Waals surface area contributed by atoms with Crippen LogP contribution in [0.15, 0.2) is 23.2 Å². The molecule has 1 aromatic carbocycles. The minimum atomic E-state index is 0.0386. The van der Waals surface area contributed by atoms with Crippen LogP contribution in [0.4, 0.5) is 5.69 Å². The third kappa shape index (κ3) is 2.43. The molecule has 0 aliphatic heterocycles. The molecule has 0 atom stereocenters. The van der Waals surface area contributed by atoms with E-state index in [2.05, 4.69) is 4.99 Å². The summed E-state index contributed by atoms with van der Waals surface area (Å²) in [6.45, 7) is 1.93. The second-order valence-electron chi connectivity index (χ2n) is 2.52. The topological polar surface area (TPSA) is 64.4 Å². The average molecular weight is 184 g/mol. The lowest BCUT2D eigenvalue weighted by Crippen LogP contribution is -2.21. The molecule has 0 aliphatic carbocycles. The highest BCUT2D eigenvalue weighted by atomic mass is 35.5. The fraction of sp³-hybridized carbons (Fsp3) is 0.125. The van der Waals surface area contributed by atoms with Gasteiger partial charge in [0.05, 0.1) is 5.69 Å². The number of benzene rings is 1. The molecule has 0 spiro atoms. The fourth-order valence-corrected chi connectivity index (χ4v) is 1.21. The van der Waals surface area contributed by atoms with E-state index in [9.17, 15) is 0 Å². The summed E-state index contributed by atoms with van der Waals surface area (Å²) in [6, 6.07) is 5.40. The van der Waals surface area contributed by atoms with Gasteiger partial charge >= 0.3 is 0 Å². The predicted molar refractivity (Wildman–Crippen MR) is 51.7 cm³/mol. The van der Waals surface area contributed by atoms with E-state index in [1.165, 1.54) is 0 Å². The van der Waals surface area contributed by atoms with E-state index in [4.69, 9.17) is 23.1 Å². The van der Waals surface area contributed by atoms with Crippen LogP contribution in [0.2, 0.25) is 5.02 Å². The van der Waals surface area contributed by atoms with Crippen LogP contribution in [0.1, 0.15) is 5.56 Å². The van der Waals surface area contributed by atoms with Crippen molar-refractivity contribution in [2.24, 2.45) is 16.5 Å². The van der Waals surface area contributed by atoms with E-state index in [1.54, 1.807) is 6.07 Å². The molecule has 0 amide bonds. The normalized spacial score (nSPS) is 9.50. The Bertz CT molecular complexity index is 296. The van der Waals surface area contributed by atoms with Gasteiger partial charge in [-0.05, 0) is 30.7 Å². The number of aliphatic imine (C=N–C) groups is 1. The summed E-state index contributed by atoms with van der Waals surface area (Å²) in [5.41, 5.74) is 12.1. The van der Waals surface area contributed by atoms with E-state index in [-0.39, 0.29) is 5.96 Å². The number of aryl methyl sites for hydroxylation is 1. The van der Waals surface area contributed by atoms with Crippen LogP contribution < -0.4 is 11.5 Å². The second-order valence-corrected chi connectivity index (χ2v) is 2.96. The molecular weight excluding hydrogens is 174 g/mol. The van der Waals surface area contributed by atoms with E-state index >= 15 is 0 Å². The van der Waals surface area contributed by atoms with Crippen molar-refractivity contribution in [2.75, 3.05) is 0 Å². The van der Waals surface area contributed by atoms with Gasteiger partial charge in [-0.1, -0.05) is 11.6 Å².